The van der Waals surface area contributed by atoms with Gasteiger partial charge in [0.15, 0.2) is 0 Å². The molecule has 0 bridgehead atoms. The summed E-state index contributed by atoms with van der Waals surface area (Å²) in [5.74, 6) is -0.244. The molecule has 1 atom stereocenters. The standard InChI is InChI=1S/C15H21ClFN/c1-4-9-18-11-15(3,5-2)10-12-13(16)7-6-8-14(12)17/h5-8,18H,2,4,9-11H2,1,3H3. The number of rotatable bonds is 7. The van der Waals surface area contributed by atoms with Crippen LogP contribution in [-0.2, 0) is 6.42 Å². The van der Waals surface area contributed by atoms with E-state index >= 15 is 0 Å². The fourth-order valence-corrected chi connectivity index (χ4v) is 2.09. The van der Waals surface area contributed by atoms with Crippen molar-refractivity contribution in [3.63, 3.8) is 0 Å². The second-order valence-corrected chi connectivity index (χ2v) is 5.32. The average molecular weight is 270 g/mol. The fourth-order valence-electron chi connectivity index (χ4n) is 1.86. The summed E-state index contributed by atoms with van der Waals surface area (Å²) in [5.41, 5.74) is 0.376. The van der Waals surface area contributed by atoms with Gasteiger partial charge in [0.2, 0.25) is 0 Å². The first-order valence-corrected chi connectivity index (χ1v) is 6.67. The molecule has 1 rings (SSSR count). The summed E-state index contributed by atoms with van der Waals surface area (Å²) in [6.07, 6.45) is 3.50. The van der Waals surface area contributed by atoms with Gasteiger partial charge in [-0.1, -0.05) is 37.6 Å². The van der Waals surface area contributed by atoms with Gasteiger partial charge in [-0.05, 0) is 31.5 Å². The maximum absolute atomic E-state index is 13.8. The van der Waals surface area contributed by atoms with Crippen molar-refractivity contribution in [2.45, 2.75) is 26.7 Å². The van der Waals surface area contributed by atoms with Crippen molar-refractivity contribution in [3.8, 4) is 0 Å². The van der Waals surface area contributed by atoms with E-state index in [9.17, 15) is 4.39 Å². The Labute approximate surface area is 114 Å². The molecule has 1 nitrogen and oxygen atoms in total. The maximum atomic E-state index is 13.8. The van der Waals surface area contributed by atoms with Crippen LogP contribution in [0.2, 0.25) is 5.02 Å². The zero-order valence-electron chi connectivity index (χ0n) is 11.1. The molecule has 0 aliphatic heterocycles. The van der Waals surface area contributed by atoms with E-state index in [2.05, 4.69) is 25.7 Å². The van der Waals surface area contributed by atoms with Crippen molar-refractivity contribution < 1.29 is 4.39 Å². The molecule has 3 heteroatoms. The molecule has 1 N–H and O–H groups in total. The van der Waals surface area contributed by atoms with Crippen LogP contribution < -0.4 is 5.32 Å². The quantitative estimate of drug-likeness (QED) is 0.577. The van der Waals surface area contributed by atoms with E-state index in [1.54, 1.807) is 12.1 Å². The van der Waals surface area contributed by atoms with Crippen LogP contribution in [0.1, 0.15) is 25.8 Å². The number of hydrogen-bond donors (Lipinski definition) is 1. The predicted molar refractivity (Wildman–Crippen MR) is 76.6 cm³/mol. The average Bonchev–Trinajstić information content (AvgIpc) is 2.35. The van der Waals surface area contributed by atoms with Crippen molar-refractivity contribution in [2.24, 2.45) is 5.41 Å². The van der Waals surface area contributed by atoms with Crippen LogP contribution in [0.3, 0.4) is 0 Å². The van der Waals surface area contributed by atoms with Crippen LogP contribution in [0.15, 0.2) is 30.9 Å². The molecule has 0 aliphatic carbocycles. The highest BCUT2D eigenvalue weighted by Crippen LogP contribution is 2.29. The minimum absolute atomic E-state index is 0.193. The second kappa shape index (κ2) is 6.91. The van der Waals surface area contributed by atoms with Crippen LogP contribution in [0.5, 0.6) is 0 Å². The number of nitrogens with one attached hydrogen (secondary N) is 1. The van der Waals surface area contributed by atoms with E-state index in [1.165, 1.54) is 6.07 Å². The Kier molecular flexibility index (Phi) is 5.83. The maximum Gasteiger partial charge on any atom is 0.127 e. The summed E-state index contributed by atoms with van der Waals surface area (Å²) in [6.45, 7) is 9.77. The molecule has 18 heavy (non-hydrogen) atoms. The summed E-state index contributed by atoms with van der Waals surface area (Å²) in [5, 5.41) is 3.83. The Hall–Kier alpha value is -0.860. The van der Waals surface area contributed by atoms with Crippen LogP contribution in [0.4, 0.5) is 4.39 Å². The molecule has 0 spiro atoms. The first-order valence-electron chi connectivity index (χ1n) is 6.29. The number of hydrogen-bond acceptors (Lipinski definition) is 1. The van der Waals surface area contributed by atoms with Crippen LogP contribution in [0.25, 0.3) is 0 Å². The van der Waals surface area contributed by atoms with Gasteiger partial charge < -0.3 is 5.32 Å². The smallest absolute Gasteiger partial charge is 0.127 e. The van der Waals surface area contributed by atoms with Gasteiger partial charge in [-0.2, -0.15) is 0 Å². The van der Waals surface area contributed by atoms with Crippen molar-refractivity contribution >= 4 is 11.6 Å². The normalized spacial score (nSPS) is 14.2. The molecule has 1 aromatic rings. The lowest BCUT2D eigenvalue weighted by atomic mass is 9.83. The van der Waals surface area contributed by atoms with Gasteiger partial charge in [0, 0.05) is 22.5 Å². The molecule has 0 saturated carbocycles. The van der Waals surface area contributed by atoms with Gasteiger partial charge in [-0.15, -0.1) is 6.58 Å². The monoisotopic (exact) mass is 269 g/mol. The van der Waals surface area contributed by atoms with E-state index < -0.39 is 0 Å². The number of halogens is 2. The van der Waals surface area contributed by atoms with Gasteiger partial charge in [-0.3, -0.25) is 0 Å². The molecule has 100 valence electrons. The lowest BCUT2D eigenvalue weighted by molar-refractivity contribution is 0.385. The SMILES string of the molecule is C=CC(C)(CNCCC)Cc1c(F)cccc1Cl. The summed E-state index contributed by atoms with van der Waals surface area (Å²) in [4.78, 5) is 0. The van der Waals surface area contributed by atoms with Crippen molar-refractivity contribution in [1.29, 1.82) is 0 Å². The van der Waals surface area contributed by atoms with Crippen molar-refractivity contribution in [3.05, 3.63) is 47.3 Å². The fraction of sp³-hybridized carbons (Fsp3) is 0.467. The summed E-state index contributed by atoms with van der Waals surface area (Å²) in [7, 11) is 0. The molecule has 0 aliphatic rings. The van der Waals surface area contributed by atoms with Crippen LogP contribution >= 0.6 is 11.6 Å². The van der Waals surface area contributed by atoms with Gasteiger partial charge in [-0.25, -0.2) is 4.39 Å². The predicted octanol–water partition coefficient (Wildman–Crippen LogP) is 4.21. The highest BCUT2D eigenvalue weighted by Gasteiger charge is 2.23. The molecule has 0 heterocycles. The zero-order chi connectivity index (χ0) is 13.6. The molecular formula is C15H21ClFN. The first kappa shape index (κ1) is 15.2. The lowest BCUT2D eigenvalue weighted by Gasteiger charge is -2.27. The molecule has 0 amide bonds. The molecule has 0 aromatic heterocycles. The molecule has 0 saturated heterocycles. The first-order chi connectivity index (χ1) is 8.52. The summed E-state index contributed by atoms with van der Waals surface area (Å²) < 4.78 is 13.8. The largest absolute Gasteiger partial charge is 0.316 e. The molecule has 1 aromatic carbocycles. The minimum Gasteiger partial charge on any atom is -0.316 e. The van der Waals surface area contributed by atoms with E-state index in [-0.39, 0.29) is 11.2 Å². The molecule has 1 unspecified atom stereocenters. The van der Waals surface area contributed by atoms with E-state index in [1.807, 2.05) is 6.08 Å². The highest BCUT2D eigenvalue weighted by molar-refractivity contribution is 6.31. The lowest BCUT2D eigenvalue weighted by Crippen LogP contribution is -2.32. The third-order valence-electron chi connectivity index (χ3n) is 3.09. The van der Waals surface area contributed by atoms with E-state index in [0.717, 1.165) is 19.5 Å². The second-order valence-electron chi connectivity index (χ2n) is 4.91. The van der Waals surface area contributed by atoms with Crippen LogP contribution in [-0.4, -0.2) is 13.1 Å². The highest BCUT2D eigenvalue weighted by atomic mass is 35.5. The topological polar surface area (TPSA) is 12.0 Å². The third kappa shape index (κ3) is 4.11. The van der Waals surface area contributed by atoms with Gasteiger partial charge in [0.1, 0.15) is 5.82 Å². The molecular weight excluding hydrogens is 249 g/mol. The summed E-state index contributed by atoms with van der Waals surface area (Å²) in [6, 6.07) is 4.80. The molecule has 0 fully saturated rings. The van der Waals surface area contributed by atoms with Crippen molar-refractivity contribution in [2.75, 3.05) is 13.1 Å². The van der Waals surface area contributed by atoms with Gasteiger partial charge >= 0.3 is 0 Å². The van der Waals surface area contributed by atoms with Crippen molar-refractivity contribution in [1.82, 2.24) is 5.32 Å². The van der Waals surface area contributed by atoms with E-state index in [4.69, 9.17) is 11.6 Å². The van der Waals surface area contributed by atoms with Gasteiger partial charge in [0.05, 0.1) is 0 Å². The Morgan fingerprint density at radius 2 is 2.22 bits per heavy atom. The zero-order valence-corrected chi connectivity index (χ0v) is 11.9. The summed E-state index contributed by atoms with van der Waals surface area (Å²) >= 11 is 6.06. The Balaban J connectivity index is 2.81. The minimum atomic E-state index is -0.244. The molecule has 0 radical (unpaired) electrons. The van der Waals surface area contributed by atoms with E-state index in [0.29, 0.717) is 17.0 Å². The van der Waals surface area contributed by atoms with Crippen LogP contribution in [0, 0.1) is 11.2 Å². The Morgan fingerprint density at radius 1 is 1.50 bits per heavy atom. The Bertz CT molecular complexity index is 385. The Morgan fingerprint density at radius 3 is 2.78 bits per heavy atom. The van der Waals surface area contributed by atoms with Gasteiger partial charge in [0.25, 0.3) is 0 Å². The third-order valence-corrected chi connectivity index (χ3v) is 3.44. The number of benzene rings is 1.